The van der Waals surface area contributed by atoms with E-state index < -0.39 is 21.5 Å². The van der Waals surface area contributed by atoms with Gasteiger partial charge in [0, 0.05) is 22.6 Å². The molecule has 2 aliphatic rings. The molecule has 2 saturated carbocycles. The summed E-state index contributed by atoms with van der Waals surface area (Å²) in [7, 11) is -3.68. The lowest BCUT2D eigenvalue weighted by Crippen LogP contribution is -2.40. The molecule has 43 heavy (non-hydrogen) atoms. The average Bonchev–Trinajstić information content (AvgIpc) is 3.69. The zero-order valence-electron chi connectivity index (χ0n) is 23.6. The topological polar surface area (TPSA) is 119 Å². The van der Waals surface area contributed by atoms with Crippen LogP contribution in [0, 0.1) is 6.92 Å². The van der Waals surface area contributed by atoms with Crippen LogP contribution in [0.2, 0.25) is 10.0 Å². The molecule has 224 valence electrons. The van der Waals surface area contributed by atoms with Crippen molar-refractivity contribution in [3.8, 4) is 17.0 Å². The fraction of sp³-hybridized carbons (Fsp3) is 0.312. The molecule has 0 spiro atoms. The van der Waals surface area contributed by atoms with E-state index in [1.165, 1.54) is 0 Å². The zero-order valence-corrected chi connectivity index (χ0v) is 25.9. The summed E-state index contributed by atoms with van der Waals surface area (Å²) in [6, 6.07) is 17.7. The van der Waals surface area contributed by atoms with Crippen LogP contribution in [-0.4, -0.2) is 30.8 Å². The number of sulfonamides is 1. The third-order valence-corrected chi connectivity index (χ3v) is 9.30. The van der Waals surface area contributed by atoms with Crippen molar-refractivity contribution in [3.05, 3.63) is 104 Å². The van der Waals surface area contributed by atoms with Gasteiger partial charge in [0.05, 0.1) is 27.5 Å². The smallest absolute Gasteiger partial charge is 0.264 e. The highest BCUT2D eigenvalue weighted by Crippen LogP contribution is 2.53. The van der Waals surface area contributed by atoms with Crippen molar-refractivity contribution in [2.75, 3.05) is 6.26 Å². The Morgan fingerprint density at radius 3 is 2.49 bits per heavy atom. The molecule has 0 atom stereocenters. The first-order valence-electron chi connectivity index (χ1n) is 13.9. The monoisotopic (exact) mass is 640 g/mol. The van der Waals surface area contributed by atoms with Gasteiger partial charge in [-0.05, 0) is 80.0 Å². The van der Waals surface area contributed by atoms with E-state index in [0.29, 0.717) is 45.8 Å². The Labute approximate surface area is 260 Å². The summed E-state index contributed by atoms with van der Waals surface area (Å²) in [5.74, 6) is 0.975. The number of ether oxygens (including phenoxy) is 1. The van der Waals surface area contributed by atoms with Gasteiger partial charge in [-0.25, -0.2) is 13.1 Å². The molecule has 2 N–H and O–H groups in total. The lowest BCUT2D eigenvalue weighted by atomic mass is 9.65. The fourth-order valence-corrected chi connectivity index (χ4v) is 6.86. The van der Waals surface area contributed by atoms with Crippen LogP contribution >= 0.6 is 23.2 Å². The number of nitrogens with one attached hydrogen (secondary N) is 1. The molecule has 4 aromatic rings. The zero-order chi connectivity index (χ0) is 30.5. The quantitative estimate of drug-likeness (QED) is 0.205. The summed E-state index contributed by atoms with van der Waals surface area (Å²) in [4.78, 5) is 12.3. The number of rotatable bonds is 9. The fourth-order valence-electron chi connectivity index (χ4n) is 5.75. The average molecular weight is 642 g/mol. The Morgan fingerprint density at radius 1 is 1.07 bits per heavy atom. The first-order valence-corrected chi connectivity index (χ1v) is 16.6. The molecule has 2 fully saturated rings. The number of amides is 1. The van der Waals surface area contributed by atoms with Gasteiger partial charge in [0.25, 0.3) is 5.91 Å². The summed E-state index contributed by atoms with van der Waals surface area (Å²) in [5, 5.41) is 16.8. The number of nitrogens with zero attached hydrogens (tertiary/aromatic N) is 1. The lowest BCUT2D eigenvalue weighted by Gasteiger charge is -2.45. The Bertz CT molecular complexity index is 1810. The highest BCUT2D eigenvalue weighted by molar-refractivity contribution is 7.89. The SMILES string of the molecule is Cc1cccc(Cl)c1-c1noc(C2CC2)c1COc1ccc([C@]2(O)C[C@@H](c3cccc(C(=O)NS(C)(=O)=O)c3)C2)c(Cl)c1. The van der Waals surface area contributed by atoms with E-state index >= 15 is 0 Å². The first-order chi connectivity index (χ1) is 20.4. The van der Waals surface area contributed by atoms with Crippen molar-refractivity contribution >= 4 is 39.1 Å². The minimum atomic E-state index is -3.68. The number of aryl methyl sites for hydroxylation is 1. The molecule has 1 amide bonds. The molecule has 0 bridgehead atoms. The second-order valence-corrected chi connectivity index (χ2v) is 14.0. The van der Waals surface area contributed by atoms with E-state index in [1.807, 2.05) is 35.9 Å². The predicted molar refractivity (Wildman–Crippen MR) is 164 cm³/mol. The summed E-state index contributed by atoms with van der Waals surface area (Å²) >= 11 is 13.2. The Hall–Kier alpha value is -3.37. The van der Waals surface area contributed by atoms with Crippen LogP contribution in [0.3, 0.4) is 0 Å². The number of carbonyl (C=O) groups excluding carboxylic acids is 1. The number of halogens is 2. The molecular formula is C32H30Cl2N2O6S. The van der Waals surface area contributed by atoms with Crippen LogP contribution in [0.5, 0.6) is 5.75 Å². The first kappa shape index (κ1) is 29.7. The highest BCUT2D eigenvalue weighted by Gasteiger charge is 2.46. The maximum absolute atomic E-state index is 12.3. The second-order valence-electron chi connectivity index (χ2n) is 11.5. The van der Waals surface area contributed by atoms with E-state index in [0.717, 1.165) is 47.1 Å². The van der Waals surface area contributed by atoms with E-state index in [1.54, 1.807) is 36.4 Å². The van der Waals surface area contributed by atoms with Crippen LogP contribution in [0.4, 0.5) is 0 Å². The van der Waals surface area contributed by atoms with Crippen molar-refractivity contribution in [1.82, 2.24) is 9.88 Å². The second kappa shape index (κ2) is 11.3. The molecule has 1 heterocycles. The normalized spacial score (nSPS) is 20.0. The van der Waals surface area contributed by atoms with E-state index in [2.05, 4.69) is 5.16 Å². The third kappa shape index (κ3) is 6.17. The van der Waals surface area contributed by atoms with Gasteiger partial charge in [-0.1, -0.05) is 58.7 Å². The summed E-state index contributed by atoms with van der Waals surface area (Å²) in [6.07, 6.45) is 3.81. The Morgan fingerprint density at radius 2 is 1.81 bits per heavy atom. The van der Waals surface area contributed by atoms with E-state index in [-0.39, 0.29) is 18.1 Å². The minimum Gasteiger partial charge on any atom is -0.489 e. The Balaban J connectivity index is 1.16. The number of hydrogen-bond donors (Lipinski definition) is 2. The van der Waals surface area contributed by atoms with Gasteiger partial charge in [-0.3, -0.25) is 4.79 Å². The van der Waals surface area contributed by atoms with Crippen LogP contribution in [-0.2, 0) is 22.2 Å². The van der Waals surface area contributed by atoms with Gasteiger partial charge in [0.15, 0.2) is 0 Å². The highest BCUT2D eigenvalue weighted by atomic mass is 35.5. The predicted octanol–water partition coefficient (Wildman–Crippen LogP) is 6.87. The molecule has 3 aromatic carbocycles. The van der Waals surface area contributed by atoms with Crippen LogP contribution < -0.4 is 9.46 Å². The molecular weight excluding hydrogens is 611 g/mol. The number of benzene rings is 3. The van der Waals surface area contributed by atoms with Crippen LogP contribution in [0.1, 0.15) is 75.9 Å². The van der Waals surface area contributed by atoms with Gasteiger partial charge in [0.1, 0.15) is 23.8 Å². The largest absolute Gasteiger partial charge is 0.489 e. The molecule has 8 nitrogen and oxygen atoms in total. The maximum atomic E-state index is 12.3. The molecule has 1 aromatic heterocycles. The summed E-state index contributed by atoms with van der Waals surface area (Å²) in [5.41, 5.74) is 3.90. The molecule has 2 aliphatic carbocycles. The molecule has 0 saturated heterocycles. The van der Waals surface area contributed by atoms with Gasteiger partial charge in [0.2, 0.25) is 10.0 Å². The molecule has 0 unspecified atom stereocenters. The van der Waals surface area contributed by atoms with Crippen molar-refractivity contribution in [1.29, 1.82) is 0 Å². The van der Waals surface area contributed by atoms with Gasteiger partial charge < -0.3 is 14.4 Å². The standard InChI is InChI=1S/C32H30Cl2N2O6S/c1-18-5-3-8-26(33)28(18)29-24(30(42-35-29)19-9-10-19)17-41-23-11-12-25(27(34)14-23)32(38)15-22(16-32)20-6-4-7-21(13-20)31(37)36-43(2,39)40/h3-8,11-14,19,22,38H,9-10,15-17H2,1-2H3,(H,36,37)/t22-,32+. The van der Waals surface area contributed by atoms with E-state index in [4.69, 9.17) is 32.5 Å². The van der Waals surface area contributed by atoms with Crippen molar-refractivity contribution in [3.63, 3.8) is 0 Å². The van der Waals surface area contributed by atoms with Gasteiger partial charge >= 0.3 is 0 Å². The minimum absolute atomic E-state index is 0.0240. The third-order valence-electron chi connectivity index (χ3n) is 8.12. The number of aliphatic hydroxyl groups is 1. The van der Waals surface area contributed by atoms with Crippen molar-refractivity contribution < 1.29 is 27.6 Å². The molecule has 0 aliphatic heterocycles. The summed E-state index contributed by atoms with van der Waals surface area (Å²) in [6.45, 7) is 2.21. The Kier molecular flexibility index (Phi) is 7.79. The number of aromatic nitrogens is 1. The van der Waals surface area contributed by atoms with E-state index in [9.17, 15) is 18.3 Å². The van der Waals surface area contributed by atoms with Crippen molar-refractivity contribution in [2.45, 2.75) is 56.7 Å². The van der Waals surface area contributed by atoms with Crippen LogP contribution in [0.15, 0.2) is 65.2 Å². The lowest BCUT2D eigenvalue weighted by molar-refractivity contribution is -0.0549. The summed E-state index contributed by atoms with van der Waals surface area (Å²) < 4.78 is 36.8. The molecule has 11 heteroatoms. The molecule has 0 radical (unpaired) electrons. The maximum Gasteiger partial charge on any atom is 0.264 e. The molecule has 6 rings (SSSR count). The van der Waals surface area contributed by atoms with Gasteiger partial charge in [-0.2, -0.15) is 0 Å². The van der Waals surface area contributed by atoms with Crippen molar-refractivity contribution in [2.24, 2.45) is 0 Å². The van der Waals surface area contributed by atoms with Crippen LogP contribution in [0.25, 0.3) is 11.3 Å². The van der Waals surface area contributed by atoms with Gasteiger partial charge in [-0.15, -0.1) is 0 Å². The number of hydrogen-bond acceptors (Lipinski definition) is 7. The number of carbonyl (C=O) groups is 1.